The first-order valence-electron chi connectivity index (χ1n) is 7.59. The Hall–Kier alpha value is -2.15. The molecule has 0 atom stereocenters. The van der Waals surface area contributed by atoms with E-state index in [-0.39, 0.29) is 11.6 Å². The molecule has 0 saturated carbocycles. The van der Waals surface area contributed by atoms with Gasteiger partial charge in [-0.1, -0.05) is 25.5 Å². The van der Waals surface area contributed by atoms with E-state index in [9.17, 15) is 8.42 Å². The van der Waals surface area contributed by atoms with Crippen molar-refractivity contribution in [2.75, 3.05) is 15.8 Å². The van der Waals surface area contributed by atoms with Crippen LogP contribution in [0.25, 0.3) is 0 Å². The molecule has 2 rings (SSSR count). The van der Waals surface area contributed by atoms with Crippen LogP contribution in [0.4, 0.5) is 17.3 Å². The molecular formula is C16H22N4O2S. The molecule has 0 aliphatic carbocycles. The topological polar surface area (TPSA) is 84.0 Å². The summed E-state index contributed by atoms with van der Waals surface area (Å²) < 4.78 is 26.1. The molecule has 0 saturated heterocycles. The molecule has 0 amide bonds. The molecule has 2 aromatic rings. The largest absolute Gasteiger partial charge is 0.339 e. The van der Waals surface area contributed by atoms with Crippen LogP contribution in [0.3, 0.4) is 0 Å². The lowest BCUT2D eigenvalue weighted by atomic mass is 10.1. The molecule has 0 unspecified atom stereocenters. The Morgan fingerprint density at radius 3 is 2.39 bits per heavy atom. The van der Waals surface area contributed by atoms with Crippen LogP contribution >= 0.6 is 0 Å². The number of benzene rings is 1. The zero-order valence-corrected chi connectivity index (χ0v) is 14.4. The van der Waals surface area contributed by atoms with Crippen LogP contribution in [0.5, 0.6) is 0 Å². The molecule has 0 aliphatic rings. The van der Waals surface area contributed by atoms with Crippen molar-refractivity contribution >= 4 is 27.3 Å². The molecule has 0 radical (unpaired) electrons. The van der Waals surface area contributed by atoms with Crippen LogP contribution in [0, 0.1) is 13.8 Å². The maximum absolute atomic E-state index is 11.8. The van der Waals surface area contributed by atoms with E-state index in [1.807, 2.05) is 39.0 Å². The second kappa shape index (κ2) is 7.41. The van der Waals surface area contributed by atoms with Crippen LogP contribution in [0.1, 0.15) is 30.9 Å². The Morgan fingerprint density at radius 1 is 1.04 bits per heavy atom. The van der Waals surface area contributed by atoms with Gasteiger partial charge in [-0.2, -0.15) is 0 Å². The van der Waals surface area contributed by atoms with Gasteiger partial charge in [0, 0.05) is 5.69 Å². The van der Waals surface area contributed by atoms with Gasteiger partial charge in [0.15, 0.2) is 11.6 Å². The van der Waals surface area contributed by atoms with Gasteiger partial charge in [-0.25, -0.2) is 8.42 Å². The van der Waals surface area contributed by atoms with Crippen molar-refractivity contribution < 1.29 is 8.42 Å². The lowest BCUT2D eigenvalue weighted by Crippen LogP contribution is -2.17. The van der Waals surface area contributed by atoms with Gasteiger partial charge in [0.25, 0.3) is 0 Å². The summed E-state index contributed by atoms with van der Waals surface area (Å²) in [6.45, 7) is 6.02. The van der Waals surface area contributed by atoms with Gasteiger partial charge in [0.1, 0.15) is 0 Å². The van der Waals surface area contributed by atoms with Gasteiger partial charge in [-0.15, -0.1) is 10.2 Å². The van der Waals surface area contributed by atoms with Crippen LogP contribution in [-0.4, -0.2) is 24.4 Å². The fourth-order valence-electron chi connectivity index (χ4n) is 2.02. The van der Waals surface area contributed by atoms with E-state index >= 15 is 0 Å². The van der Waals surface area contributed by atoms with Gasteiger partial charge in [0.2, 0.25) is 10.0 Å². The zero-order chi connectivity index (χ0) is 16.9. The summed E-state index contributed by atoms with van der Waals surface area (Å²) in [6, 6.07) is 9.27. The molecule has 1 aromatic carbocycles. The molecule has 124 valence electrons. The molecular weight excluding hydrogens is 312 g/mol. The zero-order valence-electron chi connectivity index (χ0n) is 13.6. The number of aryl methyl sites for hydroxylation is 1. The van der Waals surface area contributed by atoms with E-state index < -0.39 is 10.0 Å². The van der Waals surface area contributed by atoms with E-state index in [4.69, 9.17) is 0 Å². The molecule has 0 spiro atoms. The first-order valence-corrected chi connectivity index (χ1v) is 9.24. The van der Waals surface area contributed by atoms with Crippen LogP contribution in [0.2, 0.25) is 0 Å². The first-order chi connectivity index (χ1) is 10.9. The summed E-state index contributed by atoms with van der Waals surface area (Å²) in [5, 5.41) is 11.1. The lowest BCUT2D eigenvalue weighted by molar-refractivity contribution is 0.597. The van der Waals surface area contributed by atoms with Crippen molar-refractivity contribution in [2.24, 2.45) is 0 Å². The maximum Gasteiger partial charge on any atom is 0.233 e. The highest BCUT2D eigenvalue weighted by molar-refractivity contribution is 7.92. The Kier molecular flexibility index (Phi) is 5.54. The van der Waals surface area contributed by atoms with Gasteiger partial charge >= 0.3 is 0 Å². The number of rotatable bonds is 7. The Morgan fingerprint density at radius 2 is 1.74 bits per heavy atom. The molecule has 0 fully saturated rings. The summed E-state index contributed by atoms with van der Waals surface area (Å²) in [5.41, 5.74) is 3.28. The van der Waals surface area contributed by atoms with E-state index in [0.29, 0.717) is 12.2 Å². The number of nitrogens with zero attached hydrogens (tertiary/aromatic N) is 2. The standard InChI is InChI=1S/C16H22N4O2S/c1-4-5-11-23(21,22)20-16-10-9-15(18-19-16)17-14-8-6-7-12(2)13(14)3/h6-10H,4-5,11H2,1-3H3,(H,17,18)(H,19,20). The summed E-state index contributed by atoms with van der Waals surface area (Å²) in [4.78, 5) is 0. The van der Waals surface area contributed by atoms with E-state index in [2.05, 4.69) is 20.2 Å². The molecule has 23 heavy (non-hydrogen) atoms. The van der Waals surface area contributed by atoms with Crippen molar-refractivity contribution in [2.45, 2.75) is 33.6 Å². The fraction of sp³-hybridized carbons (Fsp3) is 0.375. The molecule has 0 bridgehead atoms. The number of nitrogens with one attached hydrogen (secondary N) is 2. The van der Waals surface area contributed by atoms with Crippen LogP contribution < -0.4 is 10.0 Å². The van der Waals surface area contributed by atoms with Gasteiger partial charge in [-0.3, -0.25) is 4.72 Å². The van der Waals surface area contributed by atoms with Crippen LogP contribution in [0.15, 0.2) is 30.3 Å². The van der Waals surface area contributed by atoms with Crippen molar-refractivity contribution in [1.82, 2.24) is 10.2 Å². The predicted molar refractivity (Wildman–Crippen MR) is 93.5 cm³/mol. The molecule has 6 nitrogen and oxygen atoms in total. The summed E-state index contributed by atoms with van der Waals surface area (Å²) in [7, 11) is -3.35. The number of anilines is 3. The highest BCUT2D eigenvalue weighted by Gasteiger charge is 2.11. The van der Waals surface area contributed by atoms with Crippen molar-refractivity contribution in [3.05, 3.63) is 41.5 Å². The van der Waals surface area contributed by atoms with E-state index in [1.165, 1.54) is 5.56 Å². The van der Waals surface area contributed by atoms with E-state index in [1.54, 1.807) is 12.1 Å². The van der Waals surface area contributed by atoms with Crippen molar-refractivity contribution in [3.8, 4) is 0 Å². The molecule has 1 aromatic heterocycles. The summed E-state index contributed by atoms with van der Waals surface area (Å²) in [6.07, 6.45) is 1.44. The number of unbranched alkanes of at least 4 members (excludes halogenated alkanes) is 1. The fourth-order valence-corrected chi connectivity index (χ4v) is 3.22. The molecule has 0 aliphatic heterocycles. The smallest absolute Gasteiger partial charge is 0.233 e. The second-order valence-corrected chi connectivity index (χ2v) is 7.29. The first kappa shape index (κ1) is 17.2. The highest BCUT2D eigenvalue weighted by Crippen LogP contribution is 2.21. The maximum atomic E-state index is 11.8. The summed E-state index contributed by atoms with van der Waals surface area (Å²) >= 11 is 0. The number of hydrogen-bond donors (Lipinski definition) is 2. The average molecular weight is 334 g/mol. The predicted octanol–water partition coefficient (Wildman–Crippen LogP) is 3.38. The minimum Gasteiger partial charge on any atom is -0.339 e. The van der Waals surface area contributed by atoms with Gasteiger partial charge in [0.05, 0.1) is 5.75 Å². The monoisotopic (exact) mass is 334 g/mol. The number of aromatic nitrogens is 2. The third kappa shape index (κ3) is 4.92. The van der Waals surface area contributed by atoms with Gasteiger partial charge in [-0.05, 0) is 49.6 Å². The second-order valence-electron chi connectivity index (χ2n) is 5.45. The van der Waals surface area contributed by atoms with Crippen LogP contribution in [-0.2, 0) is 10.0 Å². The Labute approximate surface area is 137 Å². The minimum absolute atomic E-state index is 0.0909. The average Bonchev–Trinajstić information content (AvgIpc) is 2.51. The highest BCUT2D eigenvalue weighted by atomic mass is 32.2. The molecule has 1 heterocycles. The summed E-state index contributed by atoms with van der Waals surface area (Å²) in [5.74, 6) is 0.885. The van der Waals surface area contributed by atoms with Gasteiger partial charge < -0.3 is 5.32 Å². The Balaban J connectivity index is 2.06. The number of hydrogen-bond acceptors (Lipinski definition) is 5. The van der Waals surface area contributed by atoms with Crippen molar-refractivity contribution in [1.29, 1.82) is 0 Å². The Bertz CT molecular complexity index is 758. The number of sulfonamides is 1. The third-order valence-corrected chi connectivity index (χ3v) is 4.90. The molecule has 7 heteroatoms. The SMILES string of the molecule is CCCCS(=O)(=O)Nc1ccc(Nc2cccc(C)c2C)nn1. The molecule has 2 N–H and O–H groups in total. The minimum atomic E-state index is -3.35. The lowest BCUT2D eigenvalue weighted by Gasteiger charge is -2.11. The van der Waals surface area contributed by atoms with Crippen molar-refractivity contribution in [3.63, 3.8) is 0 Å². The van der Waals surface area contributed by atoms with E-state index in [0.717, 1.165) is 17.7 Å². The normalized spacial score (nSPS) is 11.3. The quantitative estimate of drug-likeness (QED) is 0.811. The third-order valence-electron chi connectivity index (χ3n) is 3.56.